The van der Waals surface area contributed by atoms with Crippen molar-refractivity contribution in [3.63, 3.8) is 0 Å². The first-order valence-corrected chi connectivity index (χ1v) is 7.20. The lowest BCUT2D eigenvalue weighted by Crippen LogP contribution is -2.31. The zero-order chi connectivity index (χ0) is 14.9. The number of carboxylic acid groups (broad SMARTS) is 1. The summed E-state index contributed by atoms with van der Waals surface area (Å²) in [5.74, 6) is 0. The SMILES string of the molecule is O=C(O)N1CCC(S(=O)(=O)c2ncccc2[N+](=O)[O-])C1. The van der Waals surface area contributed by atoms with Gasteiger partial charge in [0.15, 0.2) is 0 Å². The monoisotopic (exact) mass is 301 g/mol. The van der Waals surface area contributed by atoms with E-state index in [1.165, 1.54) is 6.07 Å². The van der Waals surface area contributed by atoms with Crippen molar-refractivity contribution >= 4 is 21.6 Å². The molecule has 0 aromatic carbocycles. The summed E-state index contributed by atoms with van der Waals surface area (Å²) in [6, 6.07) is 2.33. The lowest BCUT2D eigenvalue weighted by molar-refractivity contribution is -0.388. The Balaban J connectivity index is 2.37. The standard InChI is InChI=1S/C10H11N3O6S/c14-10(15)12-5-3-7(6-12)20(18,19)9-8(13(16)17)2-1-4-11-9/h1-2,4,7H,3,5-6H2,(H,14,15). The van der Waals surface area contributed by atoms with E-state index in [2.05, 4.69) is 4.98 Å². The summed E-state index contributed by atoms with van der Waals surface area (Å²) in [5.41, 5.74) is -0.596. The topological polar surface area (TPSA) is 131 Å². The average Bonchev–Trinajstić information content (AvgIpc) is 2.89. The molecule has 0 spiro atoms. The van der Waals surface area contributed by atoms with Gasteiger partial charge in [0.2, 0.25) is 14.9 Å². The second kappa shape index (κ2) is 5.04. The molecule has 0 aliphatic carbocycles. The van der Waals surface area contributed by atoms with E-state index < -0.39 is 36.8 Å². The molecule has 1 aromatic rings. The molecule has 0 saturated carbocycles. The molecule has 1 atom stereocenters. The van der Waals surface area contributed by atoms with Crippen LogP contribution in [0.3, 0.4) is 0 Å². The fourth-order valence-corrected chi connectivity index (χ4v) is 3.80. The Kier molecular flexibility index (Phi) is 3.57. The molecule has 2 heterocycles. The second-order valence-electron chi connectivity index (χ2n) is 4.27. The maximum Gasteiger partial charge on any atom is 0.407 e. The Morgan fingerprint density at radius 1 is 1.55 bits per heavy atom. The first kappa shape index (κ1) is 14.2. The molecular weight excluding hydrogens is 290 g/mol. The van der Waals surface area contributed by atoms with Gasteiger partial charge in [0.1, 0.15) is 0 Å². The largest absolute Gasteiger partial charge is 0.465 e. The molecule has 10 heteroatoms. The Morgan fingerprint density at radius 2 is 2.25 bits per heavy atom. The van der Waals surface area contributed by atoms with E-state index in [-0.39, 0.29) is 19.5 Å². The van der Waals surface area contributed by atoms with Gasteiger partial charge in [-0.25, -0.2) is 18.2 Å². The Morgan fingerprint density at radius 3 is 2.80 bits per heavy atom. The van der Waals surface area contributed by atoms with Gasteiger partial charge in [-0.05, 0) is 12.5 Å². The van der Waals surface area contributed by atoms with E-state index in [4.69, 9.17) is 5.11 Å². The Labute approximate surface area is 113 Å². The van der Waals surface area contributed by atoms with Gasteiger partial charge in [-0.2, -0.15) is 0 Å². The van der Waals surface area contributed by atoms with Crippen LogP contribution in [0, 0.1) is 10.1 Å². The maximum atomic E-state index is 12.3. The highest BCUT2D eigenvalue weighted by Crippen LogP contribution is 2.28. The molecule has 1 fully saturated rings. The molecule has 1 aliphatic heterocycles. The third-order valence-corrected chi connectivity index (χ3v) is 5.19. The number of sulfone groups is 1. The number of nitrogens with zero attached hydrogens (tertiary/aromatic N) is 3. The van der Waals surface area contributed by atoms with E-state index >= 15 is 0 Å². The number of hydrogen-bond acceptors (Lipinski definition) is 6. The van der Waals surface area contributed by atoms with Crippen LogP contribution in [0.2, 0.25) is 0 Å². The number of rotatable bonds is 3. The van der Waals surface area contributed by atoms with Crippen molar-refractivity contribution in [3.8, 4) is 0 Å². The Bertz CT molecular complexity index is 659. The minimum Gasteiger partial charge on any atom is -0.465 e. The number of pyridine rings is 1. The van der Waals surface area contributed by atoms with Crippen LogP contribution in [0.4, 0.5) is 10.5 Å². The fourth-order valence-electron chi connectivity index (χ4n) is 2.05. The highest BCUT2D eigenvalue weighted by Gasteiger charge is 2.40. The number of likely N-dealkylation sites (tertiary alicyclic amines) is 1. The summed E-state index contributed by atoms with van der Waals surface area (Å²) in [4.78, 5) is 25.4. The van der Waals surface area contributed by atoms with Gasteiger partial charge in [-0.3, -0.25) is 10.1 Å². The van der Waals surface area contributed by atoms with E-state index in [1.807, 2.05) is 0 Å². The quantitative estimate of drug-likeness (QED) is 0.635. The summed E-state index contributed by atoms with van der Waals surface area (Å²) < 4.78 is 24.7. The van der Waals surface area contributed by atoms with Gasteiger partial charge >= 0.3 is 11.8 Å². The number of carbonyl (C=O) groups is 1. The lowest BCUT2D eigenvalue weighted by Gasteiger charge is -2.12. The van der Waals surface area contributed by atoms with Gasteiger partial charge in [-0.15, -0.1) is 0 Å². The summed E-state index contributed by atoms with van der Waals surface area (Å²) in [7, 11) is -4.04. The van der Waals surface area contributed by atoms with Gasteiger partial charge in [0.05, 0.1) is 10.2 Å². The zero-order valence-electron chi connectivity index (χ0n) is 10.2. The number of aromatic nitrogens is 1. The predicted octanol–water partition coefficient (Wildman–Crippen LogP) is 0.516. The second-order valence-corrected chi connectivity index (χ2v) is 6.41. The summed E-state index contributed by atoms with van der Waals surface area (Å²) in [6.07, 6.45) is 0.0461. The molecule has 0 radical (unpaired) electrons. The van der Waals surface area contributed by atoms with Gasteiger partial charge in [-0.1, -0.05) is 0 Å². The number of hydrogen-bond donors (Lipinski definition) is 1. The van der Waals surface area contributed by atoms with Crippen molar-refractivity contribution in [2.75, 3.05) is 13.1 Å². The summed E-state index contributed by atoms with van der Waals surface area (Å²) in [5, 5.41) is 18.1. The molecule has 20 heavy (non-hydrogen) atoms. The van der Waals surface area contributed by atoms with Crippen molar-refractivity contribution in [2.24, 2.45) is 0 Å². The minimum atomic E-state index is -4.04. The number of nitro groups is 1. The molecule has 1 unspecified atom stereocenters. The number of amides is 1. The van der Waals surface area contributed by atoms with E-state index in [0.29, 0.717) is 0 Å². The smallest absolute Gasteiger partial charge is 0.407 e. The Hall–Kier alpha value is -2.23. The molecule has 108 valence electrons. The van der Waals surface area contributed by atoms with Crippen LogP contribution < -0.4 is 0 Å². The maximum absolute atomic E-state index is 12.3. The van der Waals surface area contributed by atoms with Crippen LogP contribution in [0.1, 0.15) is 6.42 Å². The normalized spacial score (nSPS) is 19.0. The van der Waals surface area contributed by atoms with Crippen LogP contribution in [-0.2, 0) is 9.84 Å². The predicted molar refractivity (Wildman–Crippen MR) is 66.1 cm³/mol. The first-order chi connectivity index (χ1) is 9.34. The van der Waals surface area contributed by atoms with Crippen molar-refractivity contribution in [3.05, 3.63) is 28.4 Å². The van der Waals surface area contributed by atoms with Crippen LogP contribution in [0.25, 0.3) is 0 Å². The summed E-state index contributed by atoms with van der Waals surface area (Å²) in [6.45, 7) is -0.120. The molecule has 1 amide bonds. The average molecular weight is 301 g/mol. The van der Waals surface area contributed by atoms with Gasteiger partial charge < -0.3 is 10.0 Å². The van der Waals surface area contributed by atoms with Gasteiger partial charge in [0, 0.05) is 25.4 Å². The molecular formula is C10H11N3O6S. The molecule has 1 N–H and O–H groups in total. The van der Waals surface area contributed by atoms with E-state index in [1.54, 1.807) is 0 Å². The van der Waals surface area contributed by atoms with Crippen molar-refractivity contribution in [1.82, 2.24) is 9.88 Å². The first-order valence-electron chi connectivity index (χ1n) is 5.65. The molecule has 1 aromatic heterocycles. The molecule has 9 nitrogen and oxygen atoms in total. The lowest BCUT2D eigenvalue weighted by atomic mass is 10.4. The third kappa shape index (κ3) is 2.41. The third-order valence-electron chi connectivity index (χ3n) is 3.07. The van der Waals surface area contributed by atoms with Crippen molar-refractivity contribution < 1.29 is 23.2 Å². The van der Waals surface area contributed by atoms with Crippen LogP contribution in [0.5, 0.6) is 0 Å². The van der Waals surface area contributed by atoms with E-state index in [9.17, 15) is 23.3 Å². The molecule has 1 saturated heterocycles. The molecule has 2 rings (SSSR count). The van der Waals surface area contributed by atoms with Gasteiger partial charge in [0.25, 0.3) is 0 Å². The summed E-state index contributed by atoms with van der Waals surface area (Å²) >= 11 is 0. The van der Waals surface area contributed by atoms with Crippen molar-refractivity contribution in [1.29, 1.82) is 0 Å². The molecule has 1 aliphatic rings. The fraction of sp³-hybridized carbons (Fsp3) is 0.400. The minimum absolute atomic E-state index is 0.0832. The highest BCUT2D eigenvalue weighted by atomic mass is 32.2. The van der Waals surface area contributed by atoms with E-state index in [0.717, 1.165) is 17.2 Å². The molecule has 0 bridgehead atoms. The van der Waals surface area contributed by atoms with Crippen LogP contribution in [0.15, 0.2) is 23.4 Å². The van der Waals surface area contributed by atoms with Crippen LogP contribution in [-0.4, -0.2) is 52.8 Å². The van der Waals surface area contributed by atoms with Crippen molar-refractivity contribution in [2.45, 2.75) is 16.7 Å². The van der Waals surface area contributed by atoms with Crippen LogP contribution >= 0.6 is 0 Å². The zero-order valence-corrected chi connectivity index (χ0v) is 11.0. The highest BCUT2D eigenvalue weighted by molar-refractivity contribution is 7.92.